The smallest absolute Gasteiger partial charge is 0.413 e. The van der Waals surface area contributed by atoms with E-state index in [1.54, 1.807) is 0 Å². The number of allylic oxidation sites excluding steroid dienone is 1. The fraction of sp³-hybridized carbons (Fsp3) is 0.250. The van der Waals surface area contributed by atoms with Gasteiger partial charge in [-0.05, 0) is 25.1 Å². The summed E-state index contributed by atoms with van der Waals surface area (Å²) in [5.74, 6) is -2.29. The van der Waals surface area contributed by atoms with Crippen LogP contribution >= 0.6 is 23.2 Å². The third-order valence-electron chi connectivity index (χ3n) is 3.90. The highest BCUT2D eigenvalue weighted by Gasteiger charge is 2.65. The molecule has 1 aromatic rings. The van der Waals surface area contributed by atoms with Crippen molar-refractivity contribution in [2.24, 2.45) is 11.1 Å². The quantitative estimate of drug-likeness (QED) is 0.748. The van der Waals surface area contributed by atoms with Crippen LogP contribution in [-0.4, -0.2) is 19.3 Å². The van der Waals surface area contributed by atoms with E-state index in [0.29, 0.717) is 6.08 Å². The molecule has 0 unspecified atom stereocenters. The molecule has 5 nitrogen and oxygen atoms in total. The number of ether oxygens (including phenoxy) is 1. The largest absolute Gasteiger partial charge is 0.468 e. The van der Waals surface area contributed by atoms with Crippen LogP contribution in [0.25, 0.3) is 0 Å². The van der Waals surface area contributed by atoms with Crippen LogP contribution in [0.3, 0.4) is 0 Å². The zero-order valence-electron chi connectivity index (χ0n) is 13.5. The molecule has 0 amide bonds. The Labute approximate surface area is 157 Å². The minimum atomic E-state index is -5.16. The number of para-hydroxylation sites is 1. The van der Waals surface area contributed by atoms with Gasteiger partial charge in [-0.2, -0.15) is 18.4 Å². The van der Waals surface area contributed by atoms with Crippen LogP contribution in [0.15, 0.2) is 41.4 Å². The Bertz CT molecular complexity index is 854. The average Bonchev–Trinajstić information content (AvgIpc) is 2.54. The van der Waals surface area contributed by atoms with Crippen LogP contribution in [0.4, 0.5) is 18.9 Å². The summed E-state index contributed by atoms with van der Waals surface area (Å²) >= 11 is 12.2. The molecule has 1 atom stereocenters. The Balaban J connectivity index is 2.86. The van der Waals surface area contributed by atoms with Crippen LogP contribution in [0.1, 0.15) is 6.92 Å². The number of halogens is 5. The molecule has 0 aromatic heterocycles. The van der Waals surface area contributed by atoms with Crippen molar-refractivity contribution in [3.05, 3.63) is 51.4 Å². The van der Waals surface area contributed by atoms with Gasteiger partial charge in [0.1, 0.15) is 17.5 Å². The molecular formula is C16H12Cl2F3N3O2. The van der Waals surface area contributed by atoms with Gasteiger partial charge in [0, 0.05) is 5.70 Å². The van der Waals surface area contributed by atoms with Crippen molar-refractivity contribution < 1.29 is 22.7 Å². The number of benzene rings is 1. The number of anilines is 1. The molecule has 1 aliphatic rings. The second kappa shape index (κ2) is 6.74. The van der Waals surface area contributed by atoms with Crippen LogP contribution in [0.2, 0.25) is 10.0 Å². The first kappa shape index (κ1) is 19.9. The number of nitrogens with zero attached hydrogens (tertiary/aromatic N) is 2. The first-order valence-electron chi connectivity index (χ1n) is 7.02. The summed E-state index contributed by atoms with van der Waals surface area (Å²) in [6.45, 7) is 1.28. The van der Waals surface area contributed by atoms with E-state index < -0.39 is 29.0 Å². The summed E-state index contributed by atoms with van der Waals surface area (Å²) in [7, 11) is 0.793. The van der Waals surface area contributed by atoms with E-state index in [4.69, 9.17) is 28.9 Å². The number of hydrogen-bond donors (Lipinski definition) is 1. The van der Waals surface area contributed by atoms with E-state index in [1.807, 2.05) is 0 Å². The molecule has 0 bridgehead atoms. The van der Waals surface area contributed by atoms with Crippen LogP contribution in [-0.2, 0) is 9.53 Å². The minimum absolute atomic E-state index is 0.0930. The second-order valence-electron chi connectivity index (χ2n) is 5.36. The van der Waals surface area contributed by atoms with Gasteiger partial charge in [-0.25, -0.2) is 0 Å². The zero-order valence-corrected chi connectivity index (χ0v) is 15.0. The van der Waals surface area contributed by atoms with Gasteiger partial charge >= 0.3 is 12.1 Å². The maximum absolute atomic E-state index is 13.8. The molecule has 2 N–H and O–H groups in total. The van der Waals surface area contributed by atoms with Crippen molar-refractivity contribution in [3.8, 4) is 6.07 Å². The van der Waals surface area contributed by atoms with Crippen LogP contribution in [0, 0.1) is 16.7 Å². The van der Waals surface area contributed by atoms with Gasteiger partial charge < -0.3 is 10.5 Å². The normalized spacial score (nSPS) is 20.5. The number of rotatable bonds is 2. The molecule has 0 aliphatic carbocycles. The predicted molar refractivity (Wildman–Crippen MR) is 90.0 cm³/mol. The third-order valence-corrected chi connectivity index (χ3v) is 4.51. The molecular weight excluding hydrogens is 394 g/mol. The maximum Gasteiger partial charge on any atom is 0.413 e. The zero-order chi connectivity index (χ0) is 19.9. The Morgan fingerprint density at radius 3 is 2.31 bits per heavy atom. The highest BCUT2D eigenvalue weighted by Crippen LogP contribution is 2.52. The molecule has 1 aromatic carbocycles. The van der Waals surface area contributed by atoms with Gasteiger partial charge in [0.2, 0.25) is 5.41 Å². The Morgan fingerprint density at radius 2 is 1.88 bits per heavy atom. The van der Waals surface area contributed by atoms with E-state index in [0.717, 1.165) is 12.0 Å². The van der Waals surface area contributed by atoms with Gasteiger partial charge in [0.15, 0.2) is 0 Å². The van der Waals surface area contributed by atoms with Crippen molar-refractivity contribution in [2.45, 2.75) is 13.1 Å². The standard InChI is InChI=1S/C16H12Cl2F3N3O2/c1-8-6-15(14(25)26-2,16(19,20)21)9(7-22)13(23)24(8)12-10(17)4-3-5-11(12)18/h3-6H,23H2,1-2H3/t15-/m1/s1. The number of alkyl halides is 3. The van der Waals surface area contributed by atoms with E-state index in [-0.39, 0.29) is 21.4 Å². The predicted octanol–water partition coefficient (Wildman–Crippen LogP) is 4.13. The molecule has 1 aliphatic heterocycles. The van der Waals surface area contributed by atoms with Crippen LogP contribution in [0.5, 0.6) is 0 Å². The lowest BCUT2D eigenvalue weighted by molar-refractivity contribution is -0.209. The molecule has 26 heavy (non-hydrogen) atoms. The van der Waals surface area contributed by atoms with E-state index >= 15 is 0 Å². The summed E-state index contributed by atoms with van der Waals surface area (Å²) in [4.78, 5) is 13.2. The Morgan fingerprint density at radius 1 is 1.35 bits per heavy atom. The lowest BCUT2D eigenvalue weighted by atomic mass is 9.76. The summed E-state index contributed by atoms with van der Waals surface area (Å²) < 4.78 is 45.9. The van der Waals surface area contributed by atoms with E-state index in [9.17, 15) is 23.2 Å². The van der Waals surface area contributed by atoms with Crippen molar-refractivity contribution >= 4 is 34.9 Å². The number of carbonyl (C=O) groups is 1. The van der Waals surface area contributed by atoms with Crippen molar-refractivity contribution in [1.29, 1.82) is 5.26 Å². The number of nitriles is 1. The number of methoxy groups -OCH3 is 1. The lowest BCUT2D eigenvalue weighted by Crippen LogP contribution is -2.51. The van der Waals surface area contributed by atoms with Gasteiger partial charge in [-0.3, -0.25) is 9.69 Å². The summed E-state index contributed by atoms with van der Waals surface area (Å²) in [5, 5.41) is 9.58. The van der Waals surface area contributed by atoms with Gasteiger partial charge in [0.05, 0.1) is 22.8 Å². The Hall–Kier alpha value is -2.37. The number of carbonyl (C=O) groups excluding carboxylic acids is 1. The molecule has 0 saturated heterocycles. The fourth-order valence-electron chi connectivity index (χ4n) is 2.76. The van der Waals surface area contributed by atoms with Crippen molar-refractivity contribution in [3.63, 3.8) is 0 Å². The second-order valence-corrected chi connectivity index (χ2v) is 6.18. The first-order valence-corrected chi connectivity index (χ1v) is 7.77. The summed E-state index contributed by atoms with van der Waals surface area (Å²) in [6.07, 6.45) is -4.58. The lowest BCUT2D eigenvalue weighted by Gasteiger charge is -2.39. The SMILES string of the molecule is COC(=O)[C@@]1(C(F)(F)F)C=C(C)N(c2c(Cl)cccc2Cl)C(N)=C1C#N. The molecule has 1 heterocycles. The molecule has 0 spiro atoms. The minimum Gasteiger partial charge on any atom is -0.468 e. The number of esters is 1. The van der Waals surface area contributed by atoms with Gasteiger partial charge in [-0.15, -0.1) is 0 Å². The first-order chi connectivity index (χ1) is 12.0. The highest BCUT2D eigenvalue weighted by molar-refractivity contribution is 6.39. The van der Waals surface area contributed by atoms with Gasteiger partial charge in [-0.1, -0.05) is 29.3 Å². The third kappa shape index (κ3) is 2.77. The monoisotopic (exact) mass is 405 g/mol. The number of nitrogens with two attached hydrogens (primary N) is 1. The molecule has 0 fully saturated rings. The summed E-state index contributed by atoms with van der Waals surface area (Å²) in [5.41, 5.74) is 1.52. The molecule has 2 rings (SSSR count). The Kier molecular flexibility index (Phi) is 5.17. The molecule has 10 heteroatoms. The highest BCUT2D eigenvalue weighted by atomic mass is 35.5. The topological polar surface area (TPSA) is 79.3 Å². The van der Waals surface area contributed by atoms with Crippen molar-refractivity contribution in [2.75, 3.05) is 12.0 Å². The van der Waals surface area contributed by atoms with E-state index in [1.165, 1.54) is 31.2 Å². The maximum atomic E-state index is 13.8. The summed E-state index contributed by atoms with van der Waals surface area (Å²) in [6, 6.07) is 5.84. The molecule has 0 saturated carbocycles. The van der Waals surface area contributed by atoms with Gasteiger partial charge in [0.25, 0.3) is 0 Å². The molecule has 0 radical (unpaired) electrons. The molecule has 138 valence electrons. The van der Waals surface area contributed by atoms with E-state index in [2.05, 4.69) is 4.74 Å². The van der Waals surface area contributed by atoms with Crippen LogP contribution < -0.4 is 10.6 Å². The van der Waals surface area contributed by atoms with Crippen molar-refractivity contribution in [1.82, 2.24) is 0 Å². The average molecular weight is 406 g/mol. The fourth-order valence-corrected chi connectivity index (χ4v) is 3.33. The number of hydrogen-bond acceptors (Lipinski definition) is 5.